The van der Waals surface area contributed by atoms with Crippen LogP contribution in [-0.4, -0.2) is 70.0 Å². The first-order valence-corrected chi connectivity index (χ1v) is 11.7. The molecule has 3 aromatic rings. The SMILES string of the molecule is CC(CN(Cc1cc(F)cc2[nH]ncc12)c1nccc(NC2C=C(C3CC3)NN2C)n1)N(C)C. The van der Waals surface area contributed by atoms with Gasteiger partial charge in [0.1, 0.15) is 17.8 Å². The average Bonchev–Trinajstić information content (AvgIpc) is 3.44. The number of hydrazine groups is 1. The molecule has 1 fully saturated rings. The topological polar surface area (TPSA) is 88.2 Å². The molecule has 0 radical (unpaired) electrons. The van der Waals surface area contributed by atoms with Crippen molar-refractivity contribution in [3.8, 4) is 0 Å². The minimum Gasteiger partial charge on any atom is -0.350 e. The maximum absolute atomic E-state index is 14.3. The van der Waals surface area contributed by atoms with E-state index < -0.39 is 0 Å². The van der Waals surface area contributed by atoms with E-state index in [1.165, 1.54) is 24.6 Å². The standard InChI is InChI=1S/C24H32FN9/c1-15(32(2)3)13-34(14-17-9-18(25)10-21-19(17)12-27-30-21)24-26-8-7-22(29-24)28-23-11-20(16-5-6-16)31-33(23)4/h7-12,15-16,23,31H,5-6,13-14H2,1-4H3,(H,27,30)(H,26,28,29). The maximum Gasteiger partial charge on any atom is 0.227 e. The molecule has 9 nitrogen and oxygen atoms in total. The van der Waals surface area contributed by atoms with Crippen LogP contribution >= 0.6 is 0 Å². The largest absolute Gasteiger partial charge is 0.350 e. The van der Waals surface area contributed by atoms with Gasteiger partial charge >= 0.3 is 0 Å². The quantitative estimate of drug-likeness (QED) is 0.445. The highest BCUT2D eigenvalue weighted by Gasteiger charge is 2.32. The van der Waals surface area contributed by atoms with Crippen molar-refractivity contribution in [2.75, 3.05) is 37.9 Å². The summed E-state index contributed by atoms with van der Waals surface area (Å²) in [5.74, 6) is 1.70. The van der Waals surface area contributed by atoms with Gasteiger partial charge in [0.25, 0.3) is 0 Å². The van der Waals surface area contributed by atoms with Crippen molar-refractivity contribution < 1.29 is 4.39 Å². The fraction of sp³-hybridized carbons (Fsp3) is 0.458. The molecule has 1 aromatic carbocycles. The summed E-state index contributed by atoms with van der Waals surface area (Å²) in [5.41, 5.74) is 6.25. The summed E-state index contributed by atoms with van der Waals surface area (Å²) < 4.78 is 14.3. The summed E-state index contributed by atoms with van der Waals surface area (Å²) >= 11 is 0. The summed E-state index contributed by atoms with van der Waals surface area (Å²) in [7, 11) is 6.12. The van der Waals surface area contributed by atoms with Crippen LogP contribution in [0.4, 0.5) is 16.2 Å². The molecular weight excluding hydrogens is 433 g/mol. The molecule has 1 aliphatic carbocycles. The minimum atomic E-state index is -0.293. The zero-order chi connectivity index (χ0) is 23.8. The van der Waals surface area contributed by atoms with Crippen LogP contribution in [0.25, 0.3) is 10.9 Å². The molecule has 1 saturated carbocycles. The summed E-state index contributed by atoms with van der Waals surface area (Å²) in [5, 5.41) is 13.4. The van der Waals surface area contributed by atoms with Gasteiger partial charge in [-0.15, -0.1) is 0 Å². The van der Waals surface area contributed by atoms with Crippen LogP contribution in [0, 0.1) is 11.7 Å². The van der Waals surface area contributed by atoms with Crippen molar-refractivity contribution >= 4 is 22.7 Å². The number of rotatable bonds is 9. The molecule has 2 aliphatic rings. The van der Waals surface area contributed by atoms with Crippen LogP contribution in [-0.2, 0) is 6.54 Å². The van der Waals surface area contributed by atoms with Crippen LogP contribution in [0.15, 0.2) is 42.4 Å². The molecule has 34 heavy (non-hydrogen) atoms. The van der Waals surface area contributed by atoms with E-state index in [0.717, 1.165) is 16.8 Å². The molecule has 0 spiro atoms. The number of nitrogens with one attached hydrogen (secondary N) is 3. The number of fused-ring (bicyclic) bond motifs is 1. The zero-order valence-corrected chi connectivity index (χ0v) is 20.1. The molecule has 0 saturated heterocycles. The number of benzene rings is 1. The summed E-state index contributed by atoms with van der Waals surface area (Å²) in [6, 6.07) is 5.15. The van der Waals surface area contributed by atoms with Gasteiger partial charge in [-0.1, -0.05) is 0 Å². The van der Waals surface area contributed by atoms with Crippen LogP contribution in [0.1, 0.15) is 25.3 Å². The minimum absolute atomic E-state index is 0.0151. The molecule has 2 aromatic heterocycles. The molecule has 0 amide bonds. The number of aromatic amines is 1. The number of allylic oxidation sites excluding steroid dienone is 1. The second kappa shape index (κ2) is 9.19. The Kier molecular flexibility index (Phi) is 6.09. The Labute approximate surface area is 199 Å². The van der Waals surface area contributed by atoms with Crippen LogP contribution in [0.3, 0.4) is 0 Å². The molecular formula is C24H32FN9. The van der Waals surface area contributed by atoms with E-state index in [4.69, 9.17) is 4.98 Å². The van der Waals surface area contributed by atoms with E-state index in [0.29, 0.717) is 30.5 Å². The van der Waals surface area contributed by atoms with E-state index in [9.17, 15) is 4.39 Å². The Bertz CT molecular complexity index is 1190. The third-order valence-electron chi connectivity index (χ3n) is 6.64. The first-order valence-electron chi connectivity index (χ1n) is 11.7. The smallest absolute Gasteiger partial charge is 0.227 e. The monoisotopic (exact) mass is 465 g/mol. The number of hydrogen-bond acceptors (Lipinski definition) is 8. The van der Waals surface area contributed by atoms with Crippen LogP contribution in [0.5, 0.6) is 0 Å². The van der Waals surface area contributed by atoms with E-state index in [2.05, 4.69) is 53.7 Å². The van der Waals surface area contributed by atoms with Gasteiger partial charge < -0.3 is 20.5 Å². The lowest BCUT2D eigenvalue weighted by atomic mass is 10.1. The lowest BCUT2D eigenvalue weighted by Crippen LogP contribution is -2.40. The summed E-state index contributed by atoms with van der Waals surface area (Å²) in [6.45, 7) is 3.30. The van der Waals surface area contributed by atoms with Gasteiger partial charge in [0.2, 0.25) is 5.95 Å². The Morgan fingerprint density at radius 3 is 2.88 bits per heavy atom. The number of anilines is 2. The molecule has 3 N–H and O–H groups in total. The lowest BCUT2D eigenvalue weighted by Gasteiger charge is -2.30. The predicted molar refractivity (Wildman–Crippen MR) is 131 cm³/mol. The third kappa shape index (κ3) is 4.83. The van der Waals surface area contributed by atoms with E-state index in [1.54, 1.807) is 18.5 Å². The van der Waals surface area contributed by atoms with Gasteiger partial charge in [-0.25, -0.2) is 14.4 Å². The fourth-order valence-corrected chi connectivity index (χ4v) is 4.21. The molecule has 3 heterocycles. The first-order chi connectivity index (χ1) is 16.4. The van der Waals surface area contributed by atoms with Crippen molar-refractivity contribution in [1.82, 2.24) is 35.5 Å². The van der Waals surface area contributed by atoms with Gasteiger partial charge in [-0.2, -0.15) is 10.1 Å². The summed E-state index contributed by atoms with van der Waals surface area (Å²) in [6.07, 6.45) is 8.25. The van der Waals surface area contributed by atoms with Crippen molar-refractivity contribution in [1.29, 1.82) is 0 Å². The average molecular weight is 466 g/mol. The van der Waals surface area contributed by atoms with E-state index in [-0.39, 0.29) is 18.0 Å². The predicted octanol–water partition coefficient (Wildman–Crippen LogP) is 2.93. The fourth-order valence-electron chi connectivity index (χ4n) is 4.21. The third-order valence-corrected chi connectivity index (χ3v) is 6.64. The summed E-state index contributed by atoms with van der Waals surface area (Å²) in [4.78, 5) is 13.7. The number of hydrogen-bond donors (Lipinski definition) is 3. The highest BCUT2D eigenvalue weighted by Crippen LogP contribution is 2.37. The normalized spacial score (nSPS) is 19.4. The molecule has 5 rings (SSSR count). The van der Waals surface area contributed by atoms with Crippen LogP contribution < -0.4 is 15.6 Å². The Morgan fingerprint density at radius 1 is 1.29 bits per heavy atom. The van der Waals surface area contributed by atoms with Crippen LogP contribution in [0.2, 0.25) is 0 Å². The number of H-pyrrole nitrogens is 1. The molecule has 0 bridgehead atoms. The van der Waals surface area contributed by atoms with Gasteiger partial charge in [0.05, 0.1) is 11.7 Å². The van der Waals surface area contributed by atoms with E-state index in [1.807, 2.05) is 27.2 Å². The van der Waals surface area contributed by atoms with Gasteiger partial charge in [0, 0.05) is 43.5 Å². The molecule has 2 atom stereocenters. The molecule has 2 unspecified atom stereocenters. The van der Waals surface area contributed by atoms with Gasteiger partial charge in [-0.3, -0.25) is 5.10 Å². The Morgan fingerprint density at radius 2 is 2.12 bits per heavy atom. The Balaban J connectivity index is 1.41. The van der Waals surface area contributed by atoms with E-state index >= 15 is 0 Å². The highest BCUT2D eigenvalue weighted by molar-refractivity contribution is 5.82. The second-order valence-corrected chi connectivity index (χ2v) is 9.54. The number of aromatic nitrogens is 4. The molecule has 1 aliphatic heterocycles. The van der Waals surface area contributed by atoms with Gasteiger partial charge in [0.15, 0.2) is 0 Å². The number of likely N-dealkylation sites (N-methyl/N-ethyl adjacent to an activating group) is 2. The molecule has 180 valence electrons. The highest BCUT2D eigenvalue weighted by atomic mass is 19.1. The van der Waals surface area contributed by atoms with Gasteiger partial charge in [-0.05, 0) is 69.6 Å². The number of nitrogens with zero attached hydrogens (tertiary/aromatic N) is 6. The molecule has 10 heteroatoms. The number of halogens is 1. The first kappa shape index (κ1) is 22.5. The lowest BCUT2D eigenvalue weighted by molar-refractivity contribution is 0.261. The van der Waals surface area contributed by atoms with Crippen molar-refractivity contribution in [2.24, 2.45) is 5.92 Å². The second-order valence-electron chi connectivity index (χ2n) is 9.54. The zero-order valence-electron chi connectivity index (χ0n) is 20.1. The van der Waals surface area contributed by atoms with Crippen molar-refractivity contribution in [3.63, 3.8) is 0 Å². The maximum atomic E-state index is 14.3. The van der Waals surface area contributed by atoms with Crippen molar-refractivity contribution in [3.05, 3.63) is 53.7 Å². The Hall–Kier alpha value is -3.24. The van der Waals surface area contributed by atoms with Crippen molar-refractivity contribution in [2.45, 2.75) is 38.5 Å².